The van der Waals surface area contributed by atoms with E-state index in [2.05, 4.69) is 0 Å². The summed E-state index contributed by atoms with van der Waals surface area (Å²) >= 11 is 0. The van der Waals surface area contributed by atoms with Crippen LogP contribution >= 0.6 is 0 Å². The molecule has 7 nitrogen and oxygen atoms in total. The molecule has 0 amide bonds. The van der Waals surface area contributed by atoms with Gasteiger partial charge in [-0.25, -0.2) is 9.59 Å². The second-order valence-corrected chi connectivity index (χ2v) is 8.62. The molecule has 7 heteroatoms. The molecule has 0 heterocycles. The lowest BCUT2D eigenvalue weighted by Gasteiger charge is -2.10. The zero-order valence-corrected chi connectivity index (χ0v) is 21.8. The highest BCUT2D eigenvalue weighted by Crippen LogP contribution is 2.29. The van der Waals surface area contributed by atoms with E-state index in [9.17, 15) is 9.59 Å². The molecule has 0 aliphatic rings. The number of esters is 2. The van der Waals surface area contributed by atoms with Gasteiger partial charge in [-0.1, -0.05) is 72.8 Å². The highest BCUT2D eigenvalue weighted by atomic mass is 16.6. The molecule has 0 saturated carbocycles. The quantitative estimate of drug-likeness (QED) is 0.196. The number of fused-ring (bicyclic) bond motifs is 1. The molecule has 0 aromatic heterocycles. The average Bonchev–Trinajstić information content (AvgIpc) is 3.02. The zero-order valence-electron chi connectivity index (χ0n) is 21.8. The molecule has 0 atom stereocenters. The second-order valence-electron chi connectivity index (χ2n) is 8.62. The van der Waals surface area contributed by atoms with Crippen LogP contribution in [0.3, 0.4) is 0 Å². The zero-order chi connectivity index (χ0) is 28.3. The van der Waals surface area contributed by atoms with Crippen LogP contribution in [0.25, 0.3) is 10.8 Å². The molecule has 0 saturated heterocycles. The molecule has 5 rings (SSSR count). The summed E-state index contributed by atoms with van der Waals surface area (Å²) in [5, 5.41) is 19.9. The largest absolute Gasteiger partial charge is 0.493 e. The van der Waals surface area contributed by atoms with Gasteiger partial charge in [0.2, 0.25) is 0 Å². The van der Waals surface area contributed by atoms with Gasteiger partial charge in [-0.3, -0.25) is 0 Å². The number of carbonyl (C=O) groups excluding carboxylic acids is 2. The second kappa shape index (κ2) is 13.7. The van der Waals surface area contributed by atoms with E-state index < -0.39 is 5.97 Å². The molecule has 5 aromatic carbocycles. The van der Waals surface area contributed by atoms with Crippen molar-refractivity contribution in [2.75, 3.05) is 7.11 Å². The fourth-order valence-electron chi connectivity index (χ4n) is 3.86. The highest BCUT2D eigenvalue weighted by molar-refractivity contribution is 6.05. The molecule has 0 aliphatic carbocycles. The van der Waals surface area contributed by atoms with E-state index >= 15 is 0 Å². The first-order valence-corrected chi connectivity index (χ1v) is 12.5. The van der Waals surface area contributed by atoms with Crippen LogP contribution < -0.4 is 14.2 Å². The molecule has 0 fully saturated rings. The number of benzene rings is 5. The molecule has 0 unspecified atom stereocenters. The van der Waals surface area contributed by atoms with Gasteiger partial charge in [-0.05, 0) is 64.4 Å². The standard InChI is InChI=1S/C18H14O3.C15H14O4/c19-12-13-8-10-15(11-9-13)21-18(20)17-7-3-5-14-4-1-2-6-16(14)17;1-18-14-9-11(10-16)7-8-13(14)19-15(17)12-5-3-2-4-6-12/h1-11,19H,12H2;2-9,16H,10H2,1H3. The first kappa shape index (κ1) is 28.0. The minimum Gasteiger partial charge on any atom is -0.493 e. The summed E-state index contributed by atoms with van der Waals surface area (Å²) in [6, 6.07) is 33.7. The SMILES string of the molecule is COc1cc(CO)ccc1OC(=O)c1ccccc1.O=C(Oc1ccc(CO)cc1)c1cccc2ccccc12. The predicted octanol–water partition coefficient (Wildman–Crippen LogP) is 5.96. The van der Waals surface area contributed by atoms with Crippen molar-refractivity contribution in [3.8, 4) is 17.2 Å². The van der Waals surface area contributed by atoms with Gasteiger partial charge < -0.3 is 24.4 Å². The van der Waals surface area contributed by atoms with Gasteiger partial charge >= 0.3 is 11.9 Å². The molecule has 0 spiro atoms. The van der Waals surface area contributed by atoms with Crippen LogP contribution in [0.15, 0.2) is 115 Å². The Kier molecular flexibility index (Phi) is 9.61. The average molecular weight is 537 g/mol. The Bertz CT molecular complexity index is 1570. The van der Waals surface area contributed by atoms with Crippen LogP contribution in [-0.4, -0.2) is 29.3 Å². The summed E-state index contributed by atoms with van der Waals surface area (Å²) in [6.45, 7) is -0.124. The van der Waals surface area contributed by atoms with Crippen LogP contribution in [0.1, 0.15) is 31.8 Å². The molecule has 2 N–H and O–H groups in total. The van der Waals surface area contributed by atoms with E-state index in [1.165, 1.54) is 7.11 Å². The summed E-state index contributed by atoms with van der Waals surface area (Å²) in [6.07, 6.45) is 0. The van der Waals surface area contributed by atoms with Gasteiger partial charge in [-0.15, -0.1) is 0 Å². The topological polar surface area (TPSA) is 102 Å². The Morgan fingerprint density at radius 1 is 0.625 bits per heavy atom. The Morgan fingerprint density at radius 2 is 1.27 bits per heavy atom. The van der Waals surface area contributed by atoms with Gasteiger partial charge in [0.25, 0.3) is 0 Å². The van der Waals surface area contributed by atoms with Crippen molar-refractivity contribution in [3.05, 3.63) is 138 Å². The Balaban J connectivity index is 0.000000186. The first-order chi connectivity index (χ1) is 19.5. The lowest BCUT2D eigenvalue weighted by Crippen LogP contribution is -2.09. The van der Waals surface area contributed by atoms with Crippen molar-refractivity contribution < 1.29 is 34.0 Å². The maximum atomic E-state index is 12.3. The number of carbonyl (C=O) groups is 2. The van der Waals surface area contributed by atoms with Crippen LogP contribution in [-0.2, 0) is 13.2 Å². The van der Waals surface area contributed by atoms with Gasteiger partial charge in [0.15, 0.2) is 11.5 Å². The first-order valence-electron chi connectivity index (χ1n) is 12.5. The third-order valence-corrected chi connectivity index (χ3v) is 5.95. The van der Waals surface area contributed by atoms with Gasteiger partial charge in [-0.2, -0.15) is 0 Å². The van der Waals surface area contributed by atoms with E-state index in [0.29, 0.717) is 33.9 Å². The number of aliphatic hydroxyl groups excluding tert-OH is 2. The van der Waals surface area contributed by atoms with Crippen LogP contribution in [0.2, 0.25) is 0 Å². The van der Waals surface area contributed by atoms with Crippen molar-refractivity contribution in [2.24, 2.45) is 0 Å². The van der Waals surface area contributed by atoms with Crippen LogP contribution in [0.4, 0.5) is 0 Å². The monoisotopic (exact) mass is 536 g/mol. The number of methoxy groups -OCH3 is 1. The normalized spacial score (nSPS) is 10.3. The van der Waals surface area contributed by atoms with E-state index in [-0.39, 0.29) is 19.2 Å². The van der Waals surface area contributed by atoms with Crippen molar-refractivity contribution in [3.63, 3.8) is 0 Å². The third kappa shape index (κ3) is 7.11. The molecular formula is C33H28O7. The Morgan fingerprint density at radius 3 is 1.98 bits per heavy atom. The van der Waals surface area contributed by atoms with E-state index in [1.807, 2.05) is 42.5 Å². The maximum absolute atomic E-state index is 12.3. The van der Waals surface area contributed by atoms with Crippen molar-refractivity contribution in [1.29, 1.82) is 0 Å². The molecule has 40 heavy (non-hydrogen) atoms. The predicted molar refractivity (Wildman–Crippen MR) is 152 cm³/mol. The molecular weight excluding hydrogens is 508 g/mol. The number of rotatable bonds is 7. The van der Waals surface area contributed by atoms with Crippen LogP contribution in [0, 0.1) is 0 Å². The fourth-order valence-corrected chi connectivity index (χ4v) is 3.86. The molecule has 0 radical (unpaired) electrons. The van der Waals surface area contributed by atoms with Crippen LogP contribution in [0.5, 0.6) is 17.2 Å². The summed E-state index contributed by atoms with van der Waals surface area (Å²) in [5.74, 6) is 0.369. The van der Waals surface area contributed by atoms with Crippen molar-refractivity contribution >= 4 is 22.7 Å². The smallest absolute Gasteiger partial charge is 0.344 e. The number of hydrogen-bond acceptors (Lipinski definition) is 7. The minimum atomic E-state index is -0.448. The summed E-state index contributed by atoms with van der Waals surface area (Å²) in [4.78, 5) is 24.2. The summed E-state index contributed by atoms with van der Waals surface area (Å²) in [5.41, 5.74) is 2.48. The number of ether oxygens (including phenoxy) is 3. The summed E-state index contributed by atoms with van der Waals surface area (Å²) < 4.78 is 15.8. The number of hydrogen-bond donors (Lipinski definition) is 2. The minimum absolute atomic E-state index is 0.0302. The summed E-state index contributed by atoms with van der Waals surface area (Å²) in [7, 11) is 1.48. The molecule has 0 bridgehead atoms. The van der Waals surface area contributed by atoms with Crippen molar-refractivity contribution in [2.45, 2.75) is 13.2 Å². The lowest BCUT2D eigenvalue weighted by molar-refractivity contribution is 0.0723. The van der Waals surface area contributed by atoms with E-state index in [0.717, 1.165) is 16.3 Å². The molecule has 0 aliphatic heterocycles. The van der Waals surface area contributed by atoms with E-state index in [1.54, 1.807) is 72.8 Å². The Hall–Kier alpha value is -4.98. The third-order valence-electron chi connectivity index (χ3n) is 5.95. The van der Waals surface area contributed by atoms with E-state index in [4.69, 9.17) is 24.4 Å². The highest BCUT2D eigenvalue weighted by Gasteiger charge is 2.13. The number of aliphatic hydroxyl groups is 2. The van der Waals surface area contributed by atoms with Gasteiger partial charge in [0, 0.05) is 0 Å². The van der Waals surface area contributed by atoms with Gasteiger partial charge in [0.1, 0.15) is 5.75 Å². The van der Waals surface area contributed by atoms with Crippen molar-refractivity contribution in [1.82, 2.24) is 0 Å². The Labute approximate surface area is 231 Å². The maximum Gasteiger partial charge on any atom is 0.344 e. The molecule has 5 aromatic rings. The van der Waals surface area contributed by atoms with Gasteiger partial charge in [0.05, 0.1) is 31.5 Å². The lowest BCUT2D eigenvalue weighted by atomic mass is 10.0. The fraction of sp³-hybridized carbons (Fsp3) is 0.0909. The molecule has 202 valence electrons.